The van der Waals surface area contributed by atoms with Crippen LogP contribution in [0.3, 0.4) is 0 Å². The molecule has 0 aromatic heterocycles. The zero-order valence-electron chi connectivity index (χ0n) is 13.1. The molecule has 0 aromatic carbocycles. The lowest BCUT2D eigenvalue weighted by atomic mass is 9.77. The summed E-state index contributed by atoms with van der Waals surface area (Å²) in [6.07, 6.45) is 6.42. The van der Waals surface area contributed by atoms with Crippen molar-refractivity contribution < 1.29 is 9.47 Å². The van der Waals surface area contributed by atoms with Gasteiger partial charge in [0.15, 0.2) is 0 Å². The predicted molar refractivity (Wildman–Crippen MR) is 78.4 cm³/mol. The van der Waals surface area contributed by atoms with E-state index in [0.29, 0.717) is 12.1 Å². The van der Waals surface area contributed by atoms with Crippen LogP contribution >= 0.6 is 0 Å². The summed E-state index contributed by atoms with van der Waals surface area (Å²) in [7, 11) is 0. The molecule has 2 heterocycles. The van der Waals surface area contributed by atoms with Crippen molar-refractivity contribution in [2.24, 2.45) is 5.41 Å². The second-order valence-electron chi connectivity index (χ2n) is 7.43. The van der Waals surface area contributed by atoms with E-state index >= 15 is 0 Å². The summed E-state index contributed by atoms with van der Waals surface area (Å²) in [4.78, 5) is 0. The summed E-state index contributed by atoms with van der Waals surface area (Å²) < 4.78 is 12.0. The van der Waals surface area contributed by atoms with Gasteiger partial charge in [0.05, 0.1) is 18.3 Å². The van der Waals surface area contributed by atoms with Crippen molar-refractivity contribution in [2.75, 3.05) is 19.8 Å². The molecule has 2 saturated heterocycles. The first-order valence-corrected chi connectivity index (χ1v) is 7.90. The fraction of sp³-hybridized carbons (Fsp3) is 1.00. The first kappa shape index (κ1) is 15.3. The van der Waals surface area contributed by atoms with E-state index in [-0.39, 0.29) is 11.0 Å². The van der Waals surface area contributed by atoms with Crippen LogP contribution in [0, 0.1) is 5.41 Å². The molecule has 2 aliphatic rings. The summed E-state index contributed by atoms with van der Waals surface area (Å²) >= 11 is 0. The molecule has 0 bridgehead atoms. The van der Waals surface area contributed by atoms with Crippen molar-refractivity contribution in [1.29, 1.82) is 0 Å². The van der Waals surface area contributed by atoms with Crippen molar-refractivity contribution in [2.45, 2.75) is 77.5 Å². The lowest BCUT2D eigenvalue weighted by Crippen LogP contribution is -2.45. The van der Waals surface area contributed by atoms with Gasteiger partial charge in [-0.15, -0.1) is 0 Å². The largest absolute Gasteiger partial charge is 0.381 e. The zero-order valence-corrected chi connectivity index (χ0v) is 13.1. The summed E-state index contributed by atoms with van der Waals surface area (Å²) in [5.41, 5.74) is 0.362. The van der Waals surface area contributed by atoms with E-state index in [1.165, 1.54) is 25.7 Å². The van der Waals surface area contributed by atoms with Gasteiger partial charge in [0.1, 0.15) is 0 Å². The van der Waals surface area contributed by atoms with Gasteiger partial charge in [-0.1, -0.05) is 13.8 Å². The van der Waals surface area contributed by atoms with Gasteiger partial charge in [-0.25, -0.2) is 0 Å². The molecule has 0 radical (unpaired) electrons. The smallest absolute Gasteiger partial charge is 0.0631 e. The Balaban J connectivity index is 1.93. The van der Waals surface area contributed by atoms with Crippen LogP contribution in [0.15, 0.2) is 0 Å². The molecule has 19 heavy (non-hydrogen) atoms. The fourth-order valence-corrected chi connectivity index (χ4v) is 3.41. The molecular formula is C16H31NO2. The van der Waals surface area contributed by atoms with Crippen LogP contribution in [0.25, 0.3) is 0 Å². The molecule has 0 aliphatic carbocycles. The Morgan fingerprint density at radius 1 is 1.26 bits per heavy atom. The molecule has 3 nitrogen and oxygen atoms in total. The third kappa shape index (κ3) is 4.44. The summed E-state index contributed by atoms with van der Waals surface area (Å²) in [5.74, 6) is 0. The zero-order chi connectivity index (χ0) is 13.9. The van der Waals surface area contributed by atoms with Crippen molar-refractivity contribution in [3.05, 3.63) is 0 Å². The minimum atomic E-state index is 0.0762. The molecule has 3 heteroatoms. The van der Waals surface area contributed by atoms with Gasteiger partial charge in [0, 0.05) is 24.6 Å². The summed E-state index contributed by atoms with van der Waals surface area (Å²) in [6, 6.07) is 0.541. The molecule has 112 valence electrons. The minimum absolute atomic E-state index is 0.0762. The van der Waals surface area contributed by atoms with E-state index in [2.05, 4.69) is 33.0 Å². The highest BCUT2D eigenvalue weighted by molar-refractivity contribution is 4.91. The normalized spacial score (nSPS) is 34.9. The van der Waals surface area contributed by atoms with E-state index in [0.717, 1.165) is 26.2 Å². The van der Waals surface area contributed by atoms with Crippen molar-refractivity contribution >= 4 is 0 Å². The quantitative estimate of drug-likeness (QED) is 0.832. The molecule has 0 aromatic rings. The van der Waals surface area contributed by atoms with Gasteiger partial charge in [-0.3, -0.25) is 0 Å². The van der Waals surface area contributed by atoms with E-state index < -0.39 is 0 Å². The maximum absolute atomic E-state index is 6.20. The van der Waals surface area contributed by atoms with Crippen molar-refractivity contribution in [1.82, 2.24) is 5.32 Å². The molecule has 2 fully saturated rings. The molecule has 0 saturated carbocycles. The molecule has 2 atom stereocenters. The Bertz CT molecular complexity index is 282. The van der Waals surface area contributed by atoms with E-state index in [9.17, 15) is 0 Å². The van der Waals surface area contributed by atoms with Crippen LogP contribution in [-0.4, -0.2) is 37.5 Å². The molecule has 2 unspecified atom stereocenters. The Kier molecular flexibility index (Phi) is 4.91. The highest BCUT2D eigenvalue weighted by atomic mass is 16.5. The van der Waals surface area contributed by atoms with Gasteiger partial charge in [0.2, 0.25) is 0 Å². The fourth-order valence-electron chi connectivity index (χ4n) is 3.41. The van der Waals surface area contributed by atoms with Gasteiger partial charge in [-0.2, -0.15) is 0 Å². The van der Waals surface area contributed by atoms with Crippen molar-refractivity contribution in [3.63, 3.8) is 0 Å². The molecule has 0 spiro atoms. The third-order valence-corrected chi connectivity index (χ3v) is 4.50. The SMILES string of the molecule is CC(C)NCC1(CC2CCC(C)(C)O2)CCCOC1. The summed E-state index contributed by atoms with van der Waals surface area (Å²) in [5, 5.41) is 3.62. The molecule has 1 N–H and O–H groups in total. The number of hydrogen-bond donors (Lipinski definition) is 1. The molecular weight excluding hydrogens is 238 g/mol. The molecule has 0 amide bonds. The summed E-state index contributed by atoms with van der Waals surface area (Å²) in [6.45, 7) is 11.7. The first-order valence-electron chi connectivity index (χ1n) is 7.90. The maximum atomic E-state index is 6.20. The predicted octanol–water partition coefficient (Wildman–Crippen LogP) is 3.13. The number of hydrogen-bond acceptors (Lipinski definition) is 3. The van der Waals surface area contributed by atoms with Crippen LogP contribution in [0.5, 0.6) is 0 Å². The van der Waals surface area contributed by atoms with Crippen LogP contribution in [0.2, 0.25) is 0 Å². The highest BCUT2D eigenvalue weighted by Crippen LogP contribution is 2.39. The Morgan fingerprint density at radius 3 is 2.58 bits per heavy atom. The lowest BCUT2D eigenvalue weighted by Gasteiger charge is -2.39. The van der Waals surface area contributed by atoms with Gasteiger partial charge >= 0.3 is 0 Å². The van der Waals surface area contributed by atoms with E-state index in [1.54, 1.807) is 0 Å². The van der Waals surface area contributed by atoms with E-state index in [4.69, 9.17) is 9.47 Å². The van der Waals surface area contributed by atoms with Crippen LogP contribution in [0.4, 0.5) is 0 Å². The highest BCUT2D eigenvalue weighted by Gasteiger charge is 2.40. The van der Waals surface area contributed by atoms with Crippen LogP contribution in [0.1, 0.15) is 59.8 Å². The Labute approximate surface area is 118 Å². The van der Waals surface area contributed by atoms with E-state index in [1.807, 2.05) is 0 Å². The Morgan fingerprint density at radius 2 is 2.05 bits per heavy atom. The van der Waals surface area contributed by atoms with Crippen molar-refractivity contribution in [3.8, 4) is 0 Å². The number of rotatable bonds is 5. The van der Waals surface area contributed by atoms with Crippen LogP contribution < -0.4 is 5.32 Å². The monoisotopic (exact) mass is 269 g/mol. The molecule has 2 aliphatic heterocycles. The number of nitrogens with one attached hydrogen (secondary N) is 1. The van der Waals surface area contributed by atoms with Gasteiger partial charge in [0.25, 0.3) is 0 Å². The second-order valence-corrected chi connectivity index (χ2v) is 7.43. The maximum Gasteiger partial charge on any atom is 0.0631 e. The average Bonchev–Trinajstić information content (AvgIpc) is 2.67. The standard InChI is InChI=1S/C16H31NO2/c1-13(2)17-11-16(7-5-9-18-12-16)10-14-6-8-15(3,4)19-14/h13-14,17H,5-12H2,1-4H3. The third-order valence-electron chi connectivity index (χ3n) is 4.50. The average molecular weight is 269 g/mol. The van der Waals surface area contributed by atoms with Gasteiger partial charge in [-0.05, 0) is 46.0 Å². The lowest BCUT2D eigenvalue weighted by molar-refractivity contribution is -0.0698. The van der Waals surface area contributed by atoms with Crippen LogP contribution in [-0.2, 0) is 9.47 Å². The topological polar surface area (TPSA) is 30.5 Å². The first-order chi connectivity index (χ1) is 8.91. The Hall–Kier alpha value is -0.120. The van der Waals surface area contributed by atoms with Gasteiger partial charge < -0.3 is 14.8 Å². The molecule has 2 rings (SSSR count). The number of ether oxygens (including phenoxy) is 2. The second kappa shape index (κ2) is 6.11. The minimum Gasteiger partial charge on any atom is -0.381 e.